The first-order valence-corrected chi connectivity index (χ1v) is 5.83. The van der Waals surface area contributed by atoms with E-state index in [0.29, 0.717) is 5.56 Å². The fourth-order valence-electron chi connectivity index (χ4n) is 1.00. The third-order valence-corrected chi connectivity index (χ3v) is 3.64. The summed E-state index contributed by atoms with van der Waals surface area (Å²) in [7, 11) is -2.17. The van der Waals surface area contributed by atoms with Gasteiger partial charge in [-0.1, -0.05) is 15.9 Å². The molecule has 0 N–H and O–H groups in total. The number of halogens is 1. The fourth-order valence-corrected chi connectivity index (χ4v) is 2.38. The van der Waals surface area contributed by atoms with Crippen molar-refractivity contribution in [1.82, 2.24) is 0 Å². The van der Waals surface area contributed by atoms with Gasteiger partial charge in [-0.2, -0.15) is 7.05 Å². The average molecular weight is 367 g/mol. The van der Waals surface area contributed by atoms with E-state index in [-0.39, 0.29) is 45.0 Å². The number of nitrogens with zero attached hydrogens (tertiary/aromatic N) is 1. The second kappa shape index (κ2) is 7.12. The van der Waals surface area contributed by atoms with Crippen LogP contribution in [0.4, 0.5) is 0 Å². The van der Waals surface area contributed by atoms with Crippen molar-refractivity contribution in [3.63, 3.8) is 0 Å². The molecule has 0 aromatic heterocycles. The largest absolute Gasteiger partial charge is 0.547 e. The second-order valence-electron chi connectivity index (χ2n) is 2.57. The van der Waals surface area contributed by atoms with Crippen LogP contribution in [0.1, 0.15) is 5.56 Å². The van der Waals surface area contributed by atoms with E-state index in [9.17, 15) is 8.42 Å². The summed E-state index contributed by atoms with van der Waals surface area (Å²) in [6.07, 6.45) is 0. The minimum atomic E-state index is -3.44. The van der Waals surface area contributed by atoms with Crippen molar-refractivity contribution in [2.75, 3.05) is 7.05 Å². The van der Waals surface area contributed by atoms with Crippen LogP contribution in [0.2, 0.25) is 0 Å². The predicted molar refractivity (Wildman–Crippen MR) is 61.8 cm³/mol. The van der Waals surface area contributed by atoms with Crippen molar-refractivity contribution >= 4 is 26.0 Å². The molecule has 1 rings (SSSR count). The monoisotopic (exact) mass is 366 g/mol. The summed E-state index contributed by atoms with van der Waals surface area (Å²) in [5.41, 5.74) is 0.694. The van der Waals surface area contributed by atoms with Crippen LogP contribution in [0, 0.1) is 14.4 Å². The Kier molecular flexibility index (Phi) is 8.59. The third-order valence-electron chi connectivity index (χ3n) is 1.66. The van der Waals surface area contributed by atoms with Gasteiger partial charge in [0, 0.05) is 37.2 Å². The maximum atomic E-state index is 11.4. The maximum Gasteiger partial charge on any atom is 0.101 e. The molecule has 0 spiro atoms. The van der Waals surface area contributed by atoms with Crippen molar-refractivity contribution < 1.29 is 41.1 Å². The number of aryl methyl sites for hydroxylation is 1. The normalized spacial score (nSPS) is 10.1. The molecule has 0 unspecified atom stereocenters. The Morgan fingerprint density at radius 3 is 2.27 bits per heavy atom. The van der Waals surface area contributed by atoms with Crippen LogP contribution in [0.25, 0.3) is 4.72 Å². The molecule has 1 aromatic carbocycles. The minimum absolute atomic E-state index is 0. The molecule has 0 atom stereocenters. The topological polar surface area (TPSA) is 48.2 Å². The summed E-state index contributed by atoms with van der Waals surface area (Å²) >= 11 is 3.26. The maximum absolute atomic E-state index is 11.4. The quantitative estimate of drug-likeness (QED) is 0.755. The molecule has 0 aliphatic heterocycles. The summed E-state index contributed by atoms with van der Waals surface area (Å²) in [5, 5.41) is 0. The number of hydrogen-bond donors (Lipinski definition) is 0. The van der Waals surface area contributed by atoms with Gasteiger partial charge in [0.05, 0.1) is 4.90 Å². The molecular weight excluding hydrogens is 355 g/mol. The molecule has 0 aliphatic rings. The van der Waals surface area contributed by atoms with Crippen LogP contribution in [0.3, 0.4) is 0 Å². The van der Waals surface area contributed by atoms with Crippen molar-refractivity contribution in [2.24, 2.45) is 0 Å². The minimum Gasteiger partial charge on any atom is -0.547 e. The Morgan fingerprint density at radius 2 is 1.87 bits per heavy atom. The molecular formula is C9H12BrNO2SY-2. The second-order valence-corrected chi connectivity index (χ2v) is 5.24. The Morgan fingerprint density at radius 1 is 1.33 bits per heavy atom. The molecule has 0 saturated carbocycles. The van der Waals surface area contributed by atoms with Gasteiger partial charge in [0.25, 0.3) is 0 Å². The first-order valence-electron chi connectivity index (χ1n) is 3.59. The third kappa shape index (κ3) is 4.61. The molecule has 0 saturated heterocycles. The van der Waals surface area contributed by atoms with Crippen molar-refractivity contribution in [2.45, 2.75) is 11.8 Å². The average Bonchev–Trinajstić information content (AvgIpc) is 2.03. The molecule has 0 heterocycles. The first kappa shape index (κ1) is 18.1. The van der Waals surface area contributed by atoms with Crippen LogP contribution >= 0.6 is 15.9 Å². The number of hydrogen-bond acceptors (Lipinski definition) is 2. The summed E-state index contributed by atoms with van der Waals surface area (Å²) in [4.78, 5) is 0.262. The standard InChI is InChI=1S/C8H9BrNO2S.CH3.Y/c1-6-5-7(9)3-4-8(6)13(11,12)10-2;;/h3-5H,1-2H3;1H3;/q2*-1;. The predicted octanol–water partition coefficient (Wildman–Crippen LogP) is 2.90. The van der Waals surface area contributed by atoms with Gasteiger partial charge in [0.15, 0.2) is 0 Å². The van der Waals surface area contributed by atoms with Gasteiger partial charge in [-0.15, -0.1) is 0 Å². The SMILES string of the molecule is C[N-]S(=O)(=O)c1ccc(Br)cc1C.[CH3-].[Y]. The first-order chi connectivity index (χ1) is 5.97. The van der Waals surface area contributed by atoms with Gasteiger partial charge in [-0.25, -0.2) is 8.42 Å². The van der Waals surface area contributed by atoms with Crippen molar-refractivity contribution in [3.05, 3.63) is 40.4 Å². The fraction of sp³-hybridized carbons (Fsp3) is 0.222. The van der Waals surface area contributed by atoms with E-state index in [1.807, 2.05) is 0 Å². The van der Waals surface area contributed by atoms with Crippen LogP contribution in [0.5, 0.6) is 0 Å². The van der Waals surface area contributed by atoms with E-state index in [1.54, 1.807) is 25.1 Å². The van der Waals surface area contributed by atoms with E-state index < -0.39 is 10.0 Å². The molecule has 0 aliphatic carbocycles. The zero-order valence-corrected chi connectivity index (χ0v) is 14.1. The molecule has 1 aromatic rings. The number of sulfonamides is 1. The smallest absolute Gasteiger partial charge is 0.101 e. The van der Waals surface area contributed by atoms with Crippen molar-refractivity contribution in [1.29, 1.82) is 0 Å². The zero-order chi connectivity index (χ0) is 10.1. The van der Waals surface area contributed by atoms with Gasteiger partial charge >= 0.3 is 0 Å². The van der Waals surface area contributed by atoms with Crippen LogP contribution in [0.15, 0.2) is 27.6 Å². The Bertz CT molecular complexity index is 420. The van der Waals surface area contributed by atoms with E-state index >= 15 is 0 Å². The summed E-state index contributed by atoms with van der Waals surface area (Å²) in [6, 6.07) is 4.98. The molecule has 0 fully saturated rings. The Hall–Kier alpha value is 0.714. The molecule has 1 radical (unpaired) electrons. The van der Waals surface area contributed by atoms with Crippen molar-refractivity contribution in [3.8, 4) is 0 Å². The number of benzene rings is 1. The Balaban J connectivity index is 0. The zero-order valence-electron chi connectivity index (χ0n) is 8.86. The van der Waals surface area contributed by atoms with Crippen LogP contribution in [-0.2, 0) is 42.7 Å². The summed E-state index contributed by atoms with van der Waals surface area (Å²) < 4.78 is 26.9. The van der Waals surface area contributed by atoms with Gasteiger partial charge in [-0.3, -0.25) is 0 Å². The summed E-state index contributed by atoms with van der Waals surface area (Å²) in [6.45, 7) is 1.74. The molecule has 0 amide bonds. The van der Waals surface area contributed by atoms with Gasteiger partial charge in [-0.05, 0) is 30.7 Å². The molecule has 83 valence electrons. The van der Waals surface area contributed by atoms with E-state index in [4.69, 9.17) is 0 Å². The van der Waals surface area contributed by atoms with E-state index in [2.05, 4.69) is 20.7 Å². The molecule has 15 heavy (non-hydrogen) atoms. The van der Waals surface area contributed by atoms with Crippen LogP contribution in [-0.4, -0.2) is 15.5 Å². The molecule has 0 bridgehead atoms. The number of rotatable bonds is 2. The van der Waals surface area contributed by atoms with E-state index in [1.165, 1.54) is 7.05 Å². The molecule has 3 nitrogen and oxygen atoms in total. The Labute approximate surface area is 125 Å². The van der Waals surface area contributed by atoms with Gasteiger partial charge in [0.1, 0.15) is 10.0 Å². The molecule has 6 heteroatoms. The van der Waals surface area contributed by atoms with E-state index in [0.717, 1.165) is 4.47 Å². The summed E-state index contributed by atoms with van der Waals surface area (Å²) in [5.74, 6) is 0. The van der Waals surface area contributed by atoms with Crippen LogP contribution < -0.4 is 0 Å². The van der Waals surface area contributed by atoms with Gasteiger partial charge in [0.2, 0.25) is 0 Å². The van der Waals surface area contributed by atoms with Gasteiger partial charge < -0.3 is 12.1 Å².